The Morgan fingerprint density at radius 1 is 1.25 bits per heavy atom. The molecule has 0 aliphatic carbocycles. The molecule has 2 rings (SSSR count). The fourth-order valence-electron chi connectivity index (χ4n) is 1.70. The first-order valence-corrected chi connectivity index (χ1v) is 6.34. The fraction of sp³-hybridized carbons (Fsp3) is 0.364. The number of carbonyl (C=O) groups is 1. The van der Waals surface area contributed by atoms with Gasteiger partial charge >= 0.3 is 6.09 Å². The Hall–Kier alpha value is -1.36. The van der Waals surface area contributed by atoms with Crippen molar-refractivity contribution in [3.8, 4) is 0 Å². The molecule has 1 aliphatic rings. The van der Waals surface area contributed by atoms with E-state index in [2.05, 4.69) is 10.2 Å². The molecule has 2 N–H and O–H groups in total. The Morgan fingerprint density at radius 2 is 1.88 bits per heavy atom. The molecule has 0 radical (unpaired) electrons. The summed E-state index contributed by atoms with van der Waals surface area (Å²) in [7, 11) is 0. The highest BCUT2D eigenvalue weighted by Crippen LogP contribution is 2.21. The van der Waals surface area contributed by atoms with E-state index in [0.29, 0.717) is 5.69 Å². The van der Waals surface area contributed by atoms with Crippen molar-refractivity contribution < 1.29 is 9.90 Å². The first-order valence-electron chi connectivity index (χ1n) is 5.18. The van der Waals surface area contributed by atoms with Crippen LogP contribution in [0.2, 0.25) is 0 Å². The lowest BCUT2D eigenvalue weighted by Crippen LogP contribution is -2.32. The van der Waals surface area contributed by atoms with Crippen LogP contribution in [0, 0.1) is 0 Å². The van der Waals surface area contributed by atoms with Gasteiger partial charge in [0.05, 0.1) is 0 Å². The predicted octanol–water partition coefficient (Wildman–Crippen LogP) is 2.33. The molecule has 1 saturated heterocycles. The smallest absolute Gasteiger partial charge is 0.409 e. The number of benzene rings is 1. The summed E-state index contributed by atoms with van der Waals surface area (Å²) in [5.41, 5.74) is 1.78. The molecule has 16 heavy (non-hydrogen) atoms. The zero-order valence-corrected chi connectivity index (χ0v) is 9.67. The second kappa shape index (κ2) is 5.12. The maximum Gasteiger partial charge on any atom is 0.409 e. The molecule has 1 fully saturated rings. The van der Waals surface area contributed by atoms with Crippen molar-refractivity contribution in [2.75, 3.05) is 34.8 Å². The van der Waals surface area contributed by atoms with Gasteiger partial charge in [0.2, 0.25) is 0 Å². The molecule has 0 unspecified atom stereocenters. The van der Waals surface area contributed by atoms with E-state index in [1.165, 1.54) is 0 Å². The number of anilines is 2. The van der Waals surface area contributed by atoms with Crippen LogP contribution in [-0.4, -0.2) is 35.8 Å². The van der Waals surface area contributed by atoms with Gasteiger partial charge in [-0.05, 0) is 24.3 Å². The lowest BCUT2D eigenvalue weighted by Gasteiger charge is -2.28. The van der Waals surface area contributed by atoms with Crippen LogP contribution in [-0.2, 0) is 0 Å². The summed E-state index contributed by atoms with van der Waals surface area (Å²) in [5.74, 6) is 2.32. The molecule has 1 amide bonds. The Bertz CT molecular complexity index is 361. The highest BCUT2D eigenvalue weighted by Gasteiger charge is 2.10. The second-order valence-corrected chi connectivity index (χ2v) is 4.80. The lowest BCUT2D eigenvalue weighted by atomic mass is 10.2. The van der Waals surface area contributed by atoms with Gasteiger partial charge in [-0.3, -0.25) is 5.32 Å². The van der Waals surface area contributed by atoms with Crippen LogP contribution in [0.25, 0.3) is 0 Å². The minimum Gasteiger partial charge on any atom is -0.465 e. The van der Waals surface area contributed by atoms with Crippen molar-refractivity contribution >= 4 is 29.2 Å². The maximum absolute atomic E-state index is 10.4. The van der Waals surface area contributed by atoms with Gasteiger partial charge in [-0.1, -0.05) is 0 Å². The van der Waals surface area contributed by atoms with Crippen molar-refractivity contribution in [1.82, 2.24) is 0 Å². The molecule has 0 saturated carbocycles. The third-order valence-corrected chi connectivity index (χ3v) is 3.44. The number of thioether (sulfide) groups is 1. The van der Waals surface area contributed by atoms with E-state index >= 15 is 0 Å². The first kappa shape index (κ1) is 11.1. The van der Waals surface area contributed by atoms with Gasteiger partial charge in [-0.25, -0.2) is 4.79 Å². The number of amides is 1. The molecule has 0 aromatic heterocycles. The molecule has 0 spiro atoms. The van der Waals surface area contributed by atoms with Gasteiger partial charge in [0.25, 0.3) is 0 Å². The average molecular weight is 238 g/mol. The summed E-state index contributed by atoms with van der Waals surface area (Å²) in [6, 6.07) is 7.51. The third kappa shape index (κ3) is 2.82. The zero-order valence-electron chi connectivity index (χ0n) is 8.85. The van der Waals surface area contributed by atoms with Crippen molar-refractivity contribution in [3.05, 3.63) is 24.3 Å². The van der Waals surface area contributed by atoms with E-state index in [-0.39, 0.29) is 0 Å². The number of carboxylic acid groups (broad SMARTS) is 1. The summed E-state index contributed by atoms with van der Waals surface area (Å²) >= 11 is 1.97. The molecule has 0 atom stereocenters. The third-order valence-electron chi connectivity index (χ3n) is 2.49. The van der Waals surface area contributed by atoms with E-state index in [9.17, 15) is 4.79 Å². The number of nitrogens with zero attached hydrogens (tertiary/aromatic N) is 1. The topological polar surface area (TPSA) is 52.6 Å². The molecule has 0 bridgehead atoms. The van der Waals surface area contributed by atoms with Gasteiger partial charge in [-0.15, -0.1) is 0 Å². The largest absolute Gasteiger partial charge is 0.465 e. The highest BCUT2D eigenvalue weighted by molar-refractivity contribution is 7.99. The van der Waals surface area contributed by atoms with Crippen LogP contribution in [0.3, 0.4) is 0 Å². The molecular weight excluding hydrogens is 224 g/mol. The van der Waals surface area contributed by atoms with Gasteiger partial charge < -0.3 is 10.0 Å². The van der Waals surface area contributed by atoms with E-state index in [0.717, 1.165) is 30.3 Å². The van der Waals surface area contributed by atoms with Gasteiger partial charge in [0, 0.05) is 36.0 Å². The summed E-state index contributed by atoms with van der Waals surface area (Å²) in [5, 5.41) is 10.9. The van der Waals surface area contributed by atoms with Crippen LogP contribution in [0.1, 0.15) is 0 Å². The molecule has 86 valence electrons. The molecular formula is C11H14N2O2S. The van der Waals surface area contributed by atoms with Crippen molar-refractivity contribution in [2.24, 2.45) is 0 Å². The van der Waals surface area contributed by atoms with Crippen LogP contribution >= 0.6 is 11.8 Å². The first-order chi connectivity index (χ1) is 7.75. The van der Waals surface area contributed by atoms with Crippen LogP contribution in [0.5, 0.6) is 0 Å². The Balaban J connectivity index is 2.03. The van der Waals surface area contributed by atoms with Crippen molar-refractivity contribution in [2.45, 2.75) is 0 Å². The lowest BCUT2D eigenvalue weighted by molar-refractivity contribution is 0.210. The van der Waals surface area contributed by atoms with E-state index < -0.39 is 6.09 Å². The number of nitrogens with one attached hydrogen (secondary N) is 1. The summed E-state index contributed by atoms with van der Waals surface area (Å²) in [6.07, 6.45) is -1.03. The zero-order chi connectivity index (χ0) is 11.4. The number of hydrogen-bond donors (Lipinski definition) is 2. The molecule has 1 aliphatic heterocycles. The van der Waals surface area contributed by atoms with E-state index in [4.69, 9.17) is 5.11 Å². The standard InChI is InChI=1S/C11H14N2O2S/c14-11(15)12-9-1-3-10(4-2-9)13-5-7-16-8-6-13/h1-4,12H,5-8H2,(H,14,15). The maximum atomic E-state index is 10.4. The van der Waals surface area contributed by atoms with Gasteiger partial charge in [-0.2, -0.15) is 11.8 Å². The minimum absolute atomic E-state index is 0.614. The molecule has 4 nitrogen and oxygen atoms in total. The fourth-order valence-corrected chi connectivity index (χ4v) is 2.60. The van der Waals surface area contributed by atoms with Crippen molar-refractivity contribution in [3.63, 3.8) is 0 Å². The van der Waals surface area contributed by atoms with Gasteiger partial charge in [0.15, 0.2) is 0 Å². The Morgan fingerprint density at radius 3 is 2.44 bits per heavy atom. The molecule has 5 heteroatoms. The molecule has 1 aromatic carbocycles. The highest BCUT2D eigenvalue weighted by atomic mass is 32.2. The SMILES string of the molecule is O=C(O)Nc1ccc(N2CCSCC2)cc1. The number of rotatable bonds is 2. The molecule has 1 heterocycles. The predicted molar refractivity (Wildman–Crippen MR) is 67.6 cm³/mol. The van der Waals surface area contributed by atoms with Crippen LogP contribution < -0.4 is 10.2 Å². The Kier molecular flexibility index (Phi) is 3.56. The quantitative estimate of drug-likeness (QED) is 0.830. The average Bonchev–Trinajstić information content (AvgIpc) is 2.30. The molecule has 1 aromatic rings. The Labute approximate surface area is 98.6 Å². The summed E-state index contributed by atoms with van der Waals surface area (Å²) < 4.78 is 0. The summed E-state index contributed by atoms with van der Waals surface area (Å²) in [4.78, 5) is 12.8. The van der Waals surface area contributed by atoms with Crippen molar-refractivity contribution in [1.29, 1.82) is 0 Å². The number of hydrogen-bond acceptors (Lipinski definition) is 3. The van der Waals surface area contributed by atoms with E-state index in [1.807, 2.05) is 23.9 Å². The monoisotopic (exact) mass is 238 g/mol. The normalized spacial score (nSPS) is 15.9. The van der Waals surface area contributed by atoms with Crippen LogP contribution in [0.4, 0.5) is 16.2 Å². The van der Waals surface area contributed by atoms with Crippen LogP contribution in [0.15, 0.2) is 24.3 Å². The second-order valence-electron chi connectivity index (χ2n) is 3.58. The minimum atomic E-state index is -1.03. The summed E-state index contributed by atoms with van der Waals surface area (Å²) in [6.45, 7) is 2.13. The van der Waals surface area contributed by atoms with E-state index in [1.54, 1.807) is 12.1 Å². The van der Waals surface area contributed by atoms with Gasteiger partial charge in [0.1, 0.15) is 0 Å².